The molecule has 102 valence electrons. The van der Waals surface area contributed by atoms with E-state index in [4.69, 9.17) is 0 Å². The number of hydrogen-bond acceptors (Lipinski definition) is 4. The molecule has 4 heteroatoms. The summed E-state index contributed by atoms with van der Waals surface area (Å²) >= 11 is 0. The number of aliphatic hydroxyl groups is 2. The van der Waals surface area contributed by atoms with Crippen molar-refractivity contribution in [3.63, 3.8) is 0 Å². The van der Waals surface area contributed by atoms with Crippen LogP contribution in [0.4, 0.5) is 0 Å². The summed E-state index contributed by atoms with van der Waals surface area (Å²) in [6.07, 6.45) is 3.69. The highest BCUT2D eigenvalue weighted by molar-refractivity contribution is 4.86. The summed E-state index contributed by atoms with van der Waals surface area (Å²) in [5.74, 6) is 0. The molecule has 4 nitrogen and oxygen atoms in total. The fraction of sp³-hybridized carbons (Fsp3) is 1.00. The molecule has 0 amide bonds. The van der Waals surface area contributed by atoms with E-state index in [1.54, 1.807) is 0 Å². The second-order valence-corrected chi connectivity index (χ2v) is 5.20. The lowest BCUT2D eigenvalue weighted by molar-refractivity contribution is 0.0417. The smallest absolute Gasteiger partial charge is 0.0791 e. The molecule has 0 aromatic carbocycles. The van der Waals surface area contributed by atoms with Gasteiger partial charge in [0, 0.05) is 19.6 Å². The number of aliphatic hydroxyl groups excluding tert-OH is 1. The van der Waals surface area contributed by atoms with Crippen molar-refractivity contribution in [3.8, 4) is 0 Å². The van der Waals surface area contributed by atoms with Crippen molar-refractivity contribution in [1.29, 1.82) is 0 Å². The fourth-order valence-corrected chi connectivity index (χ4v) is 2.53. The number of rotatable bonds is 8. The van der Waals surface area contributed by atoms with Crippen LogP contribution in [0.25, 0.3) is 0 Å². The van der Waals surface area contributed by atoms with Crippen molar-refractivity contribution in [1.82, 2.24) is 10.2 Å². The maximum Gasteiger partial charge on any atom is 0.0791 e. The molecule has 1 saturated carbocycles. The number of hydrogen-bond donors (Lipinski definition) is 3. The van der Waals surface area contributed by atoms with E-state index in [0.29, 0.717) is 19.6 Å². The molecule has 0 radical (unpaired) electrons. The lowest BCUT2D eigenvalue weighted by atomic mass is 10.0. The predicted octanol–water partition coefficient (Wildman–Crippen LogP) is 0.584. The van der Waals surface area contributed by atoms with Crippen molar-refractivity contribution in [2.45, 2.75) is 51.2 Å². The van der Waals surface area contributed by atoms with Crippen LogP contribution in [0.15, 0.2) is 0 Å². The van der Waals surface area contributed by atoms with Gasteiger partial charge in [-0.25, -0.2) is 0 Å². The van der Waals surface area contributed by atoms with Gasteiger partial charge in [0.2, 0.25) is 0 Å². The summed E-state index contributed by atoms with van der Waals surface area (Å²) in [5, 5.41) is 23.2. The van der Waals surface area contributed by atoms with Crippen LogP contribution in [0.5, 0.6) is 0 Å². The van der Waals surface area contributed by atoms with Crippen LogP contribution < -0.4 is 5.32 Å². The molecule has 0 bridgehead atoms. The van der Waals surface area contributed by atoms with Gasteiger partial charge >= 0.3 is 0 Å². The maximum atomic E-state index is 10.1. The molecular formula is C13H28N2O2. The summed E-state index contributed by atoms with van der Waals surface area (Å²) in [4.78, 5) is 2.20. The Bertz CT molecular complexity index is 202. The van der Waals surface area contributed by atoms with Crippen LogP contribution in [-0.4, -0.2) is 59.5 Å². The fourth-order valence-electron chi connectivity index (χ4n) is 2.53. The third-order valence-corrected chi connectivity index (χ3v) is 3.73. The van der Waals surface area contributed by atoms with Gasteiger partial charge in [-0.3, -0.25) is 0 Å². The average Bonchev–Trinajstić information content (AvgIpc) is 2.73. The first kappa shape index (κ1) is 14.9. The van der Waals surface area contributed by atoms with Crippen LogP contribution in [0.1, 0.15) is 39.5 Å². The Labute approximate surface area is 105 Å². The third-order valence-electron chi connectivity index (χ3n) is 3.73. The van der Waals surface area contributed by atoms with E-state index in [1.165, 1.54) is 0 Å². The first-order chi connectivity index (χ1) is 8.09. The average molecular weight is 244 g/mol. The zero-order chi connectivity index (χ0) is 12.7. The first-order valence-corrected chi connectivity index (χ1v) is 6.93. The Kier molecular flexibility index (Phi) is 6.41. The molecule has 1 unspecified atom stereocenters. The van der Waals surface area contributed by atoms with E-state index in [2.05, 4.69) is 24.1 Å². The Hall–Kier alpha value is -0.160. The van der Waals surface area contributed by atoms with Gasteiger partial charge in [-0.15, -0.1) is 0 Å². The molecule has 1 atom stereocenters. The summed E-state index contributed by atoms with van der Waals surface area (Å²) in [6, 6.07) is 0. The SMILES string of the molecule is CCN(CC)CC(O)CNCC1(O)CCCC1. The molecule has 1 fully saturated rings. The number of nitrogens with one attached hydrogen (secondary N) is 1. The highest BCUT2D eigenvalue weighted by Crippen LogP contribution is 2.28. The lowest BCUT2D eigenvalue weighted by Gasteiger charge is -2.25. The van der Waals surface area contributed by atoms with Crippen LogP contribution >= 0.6 is 0 Å². The Morgan fingerprint density at radius 3 is 2.35 bits per heavy atom. The Balaban J connectivity index is 2.13. The second-order valence-electron chi connectivity index (χ2n) is 5.20. The van der Waals surface area contributed by atoms with Crippen molar-refractivity contribution in [2.75, 3.05) is 32.7 Å². The van der Waals surface area contributed by atoms with E-state index in [9.17, 15) is 10.2 Å². The Morgan fingerprint density at radius 2 is 1.82 bits per heavy atom. The minimum atomic E-state index is -0.519. The zero-order valence-electron chi connectivity index (χ0n) is 11.3. The van der Waals surface area contributed by atoms with Crippen molar-refractivity contribution >= 4 is 0 Å². The molecular weight excluding hydrogens is 216 g/mol. The van der Waals surface area contributed by atoms with Crippen LogP contribution in [0, 0.1) is 0 Å². The van der Waals surface area contributed by atoms with E-state index in [0.717, 1.165) is 38.8 Å². The molecule has 0 aromatic rings. The lowest BCUT2D eigenvalue weighted by Crippen LogP contribution is -2.43. The van der Waals surface area contributed by atoms with Crippen LogP contribution in [0.2, 0.25) is 0 Å². The molecule has 1 aliphatic carbocycles. The van der Waals surface area contributed by atoms with E-state index >= 15 is 0 Å². The molecule has 0 aliphatic heterocycles. The van der Waals surface area contributed by atoms with Gasteiger partial charge in [0.05, 0.1) is 11.7 Å². The minimum absolute atomic E-state index is 0.347. The molecule has 17 heavy (non-hydrogen) atoms. The summed E-state index contributed by atoms with van der Waals surface area (Å²) in [6.45, 7) is 8.03. The van der Waals surface area contributed by atoms with Gasteiger partial charge in [0.25, 0.3) is 0 Å². The van der Waals surface area contributed by atoms with Gasteiger partial charge in [0.1, 0.15) is 0 Å². The monoisotopic (exact) mass is 244 g/mol. The standard InChI is InChI=1S/C13H28N2O2/c1-3-15(4-2)10-12(16)9-14-11-13(17)7-5-6-8-13/h12,14,16-17H,3-11H2,1-2H3. The van der Waals surface area contributed by atoms with Crippen molar-refractivity contribution < 1.29 is 10.2 Å². The third kappa shape index (κ3) is 5.34. The summed E-state index contributed by atoms with van der Waals surface area (Å²) < 4.78 is 0. The van der Waals surface area contributed by atoms with Crippen LogP contribution in [0.3, 0.4) is 0 Å². The highest BCUT2D eigenvalue weighted by atomic mass is 16.3. The molecule has 0 saturated heterocycles. The quantitative estimate of drug-likeness (QED) is 0.585. The minimum Gasteiger partial charge on any atom is -0.390 e. The normalized spacial score (nSPS) is 21.0. The van der Waals surface area contributed by atoms with Gasteiger partial charge < -0.3 is 20.4 Å². The van der Waals surface area contributed by atoms with Gasteiger partial charge in [-0.1, -0.05) is 26.7 Å². The number of likely N-dealkylation sites (N-methyl/N-ethyl adjacent to an activating group) is 1. The molecule has 1 aliphatic rings. The van der Waals surface area contributed by atoms with Gasteiger partial charge in [-0.2, -0.15) is 0 Å². The molecule has 0 aromatic heterocycles. The van der Waals surface area contributed by atoms with Gasteiger partial charge in [-0.05, 0) is 25.9 Å². The summed E-state index contributed by atoms with van der Waals surface area (Å²) in [5.41, 5.74) is -0.519. The van der Waals surface area contributed by atoms with Crippen molar-refractivity contribution in [2.24, 2.45) is 0 Å². The Morgan fingerprint density at radius 1 is 1.24 bits per heavy atom. The summed E-state index contributed by atoms with van der Waals surface area (Å²) in [7, 11) is 0. The molecule has 0 heterocycles. The largest absolute Gasteiger partial charge is 0.390 e. The molecule has 3 N–H and O–H groups in total. The number of nitrogens with zero attached hydrogens (tertiary/aromatic N) is 1. The first-order valence-electron chi connectivity index (χ1n) is 6.93. The maximum absolute atomic E-state index is 10.1. The topological polar surface area (TPSA) is 55.7 Å². The van der Waals surface area contributed by atoms with E-state index < -0.39 is 5.60 Å². The predicted molar refractivity (Wildman–Crippen MR) is 70.1 cm³/mol. The van der Waals surface area contributed by atoms with Crippen LogP contribution in [-0.2, 0) is 0 Å². The van der Waals surface area contributed by atoms with Gasteiger partial charge in [0.15, 0.2) is 0 Å². The molecule has 1 rings (SSSR count). The van der Waals surface area contributed by atoms with E-state index in [1.807, 2.05) is 0 Å². The van der Waals surface area contributed by atoms with Crippen molar-refractivity contribution in [3.05, 3.63) is 0 Å². The van der Waals surface area contributed by atoms with E-state index in [-0.39, 0.29) is 6.10 Å². The second kappa shape index (κ2) is 7.31. The molecule has 0 spiro atoms. The zero-order valence-corrected chi connectivity index (χ0v) is 11.3. The highest BCUT2D eigenvalue weighted by Gasteiger charge is 2.30.